The summed E-state index contributed by atoms with van der Waals surface area (Å²) < 4.78 is 29.5. The number of carbonyl (C=O) groups is 1. The molecule has 0 spiro atoms. The maximum absolute atomic E-state index is 13.1. The Balaban J connectivity index is 1.22. The number of piperidine rings is 1. The molecule has 3 aromatic carbocycles. The third-order valence-corrected chi connectivity index (χ3v) is 10.1. The van der Waals surface area contributed by atoms with Gasteiger partial charge in [0.05, 0.1) is 16.4 Å². The standard InChI is InChI=1S/C33H38ClN5O3S/c1-23-12-14-27(15-13-23)39-31(22-30(37-39)33(2,3)4)36-32(40)35-26-9-7-8-25(21-26)20-24-16-18-38(19-17-24)43(41,42)29-11-6-5-10-28(29)34/h5-15,21-22,24H,16-20H2,1-4H3,(H2,35,36,40). The van der Waals surface area contributed by atoms with E-state index >= 15 is 0 Å². The van der Waals surface area contributed by atoms with Gasteiger partial charge in [0.2, 0.25) is 10.0 Å². The van der Waals surface area contributed by atoms with Crippen LogP contribution in [-0.2, 0) is 21.9 Å². The van der Waals surface area contributed by atoms with Crippen molar-refractivity contribution in [1.29, 1.82) is 0 Å². The van der Waals surface area contributed by atoms with Crippen LogP contribution < -0.4 is 10.6 Å². The lowest BCUT2D eigenvalue weighted by Gasteiger charge is -2.31. The second kappa shape index (κ2) is 12.5. The van der Waals surface area contributed by atoms with Crippen LogP contribution in [0.25, 0.3) is 5.69 Å². The summed E-state index contributed by atoms with van der Waals surface area (Å²) in [4.78, 5) is 13.3. The van der Waals surface area contributed by atoms with E-state index in [1.54, 1.807) is 28.9 Å². The van der Waals surface area contributed by atoms with Crippen molar-refractivity contribution in [2.24, 2.45) is 5.92 Å². The third kappa shape index (κ3) is 7.29. The number of nitrogens with zero attached hydrogens (tertiary/aromatic N) is 3. The molecule has 2 N–H and O–H groups in total. The van der Waals surface area contributed by atoms with Crippen molar-refractivity contribution in [2.75, 3.05) is 23.7 Å². The fourth-order valence-corrected chi connectivity index (χ4v) is 7.22. The van der Waals surface area contributed by atoms with Crippen LogP contribution in [0.15, 0.2) is 83.8 Å². The van der Waals surface area contributed by atoms with Gasteiger partial charge in [0, 0.05) is 30.3 Å². The van der Waals surface area contributed by atoms with E-state index in [1.165, 1.54) is 4.31 Å². The molecule has 5 rings (SSSR count). The zero-order valence-electron chi connectivity index (χ0n) is 25.0. The Bertz CT molecular complexity index is 1700. The number of hydrogen-bond donors (Lipinski definition) is 2. The number of sulfonamides is 1. The molecule has 4 aromatic rings. The molecule has 0 radical (unpaired) electrons. The fraction of sp³-hybridized carbons (Fsp3) is 0.333. The highest BCUT2D eigenvalue weighted by Gasteiger charge is 2.30. The molecular formula is C33H38ClN5O3S. The van der Waals surface area contributed by atoms with Gasteiger partial charge in [-0.2, -0.15) is 9.40 Å². The third-order valence-electron chi connectivity index (χ3n) is 7.74. The van der Waals surface area contributed by atoms with Crippen LogP contribution in [0.1, 0.15) is 50.4 Å². The predicted molar refractivity (Wildman–Crippen MR) is 173 cm³/mol. The molecule has 0 bridgehead atoms. The molecule has 226 valence electrons. The highest BCUT2D eigenvalue weighted by molar-refractivity contribution is 7.89. The summed E-state index contributed by atoms with van der Waals surface area (Å²) in [5.74, 6) is 0.919. The molecule has 1 saturated heterocycles. The van der Waals surface area contributed by atoms with E-state index in [4.69, 9.17) is 16.7 Å². The van der Waals surface area contributed by atoms with Gasteiger partial charge in [-0.3, -0.25) is 5.32 Å². The normalized spacial score (nSPS) is 14.9. The quantitative estimate of drug-likeness (QED) is 0.225. The summed E-state index contributed by atoms with van der Waals surface area (Å²) in [6.07, 6.45) is 2.30. The lowest BCUT2D eigenvalue weighted by atomic mass is 9.91. The molecule has 2 amide bonds. The summed E-state index contributed by atoms with van der Waals surface area (Å²) in [6.45, 7) is 9.20. The number of anilines is 2. The number of carbonyl (C=O) groups excluding carboxylic acids is 1. The second-order valence-electron chi connectivity index (χ2n) is 12.2. The Morgan fingerprint density at radius 2 is 1.65 bits per heavy atom. The van der Waals surface area contributed by atoms with Gasteiger partial charge < -0.3 is 5.32 Å². The number of hydrogen-bond acceptors (Lipinski definition) is 4. The van der Waals surface area contributed by atoms with Crippen molar-refractivity contribution in [3.63, 3.8) is 0 Å². The van der Waals surface area contributed by atoms with E-state index in [9.17, 15) is 13.2 Å². The van der Waals surface area contributed by atoms with Gasteiger partial charge in [0.25, 0.3) is 0 Å². The highest BCUT2D eigenvalue weighted by atomic mass is 35.5. The largest absolute Gasteiger partial charge is 0.324 e. The smallest absolute Gasteiger partial charge is 0.308 e. The highest BCUT2D eigenvalue weighted by Crippen LogP contribution is 2.30. The van der Waals surface area contributed by atoms with Gasteiger partial charge in [0.15, 0.2) is 0 Å². The average molecular weight is 620 g/mol. The Hall–Kier alpha value is -3.66. The molecule has 10 heteroatoms. The number of rotatable bonds is 7. The Morgan fingerprint density at radius 3 is 2.33 bits per heavy atom. The van der Waals surface area contributed by atoms with Gasteiger partial charge in [-0.25, -0.2) is 17.9 Å². The lowest BCUT2D eigenvalue weighted by molar-refractivity contribution is 0.262. The Kier molecular flexibility index (Phi) is 8.96. The first-order valence-electron chi connectivity index (χ1n) is 14.5. The van der Waals surface area contributed by atoms with Crippen LogP contribution >= 0.6 is 11.6 Å². The SMILES string of the molecule is Cc1ccc(-n2nc(C(C)(C)C)cc2NC(=O)Nc2cccc(CC3CCN(S(=O)(=O)c4ccccc4Cl)CC3)c2)cc1. The fourth-order valence-electron chi connectivity index (χ4n) is 5.25. The average Bonchev–Trinajstić information content (AvgIpc) is 3.38. The summed E-state index contributed by atoms with van der Waals surface area (Å²) in [6, 6.07) is 23.9. The van der Waals surface area contributed by atoms with E-state index in [0.717, 1.165) is 41.8 Å². The van der Waals surface area contributed by atoms with Crippen molar-refractivity contribution < 1.29 is 13.2 Å². The monoisotopic (exact) mass is 619 g/mol. The second-order valence-corrected chi connectivity index (χ2v) is 14.5. The molecule has 1 fully saturated rings. The number of benzene rings is 3. The van der Waals surface area contributed by atoms with Gasteiger partial charge in [-0.15, -0.1) is 0 Å². The number of nitrogens with one attached hydrogen (secondary N) is 2. The summed E-state index contributed by atoms with van der Waals surface area (Å²) in [5.41, 5.74) is 4.47. The van der Waals surface area contributed by atoms with E-state index < -0.39 is 10.0 Å². The van der Waals surface area contributed by atoms with Crippen LogP contribution in [0.3, 0.4) is 0 Å². The maximum atomic E-state index is 13.1. The zero-order valence-corrected chi connectivity index (χ0v) is 26.5. The Labute approximate surface area is 259 Å². The van der Waals surface area contributed by atoms with Crippen LogP contribution in [0, 0.1) is 12.8 Å². The van der Waals surface area contributed by atoms with Gasteiger partial charge in [-0.05, 0) is 74.1 Å². The van der Waals surface area contributed by atoms with Gasteiger partial charge in [-0.1, -0.05) is 74.3 Å². The zero-order chi connectivity index (χ0) is 30.8. The number of aromatic nitrogens is 2. The minimum atomic E-state index is -3.62. The first kappa shape index (κ1) is 30.8. The topological polar surface area (TPSA) is 96.3 Å². The number of urea groups is 1. The predicted octanol–water partition coefficient (Wildman–Crippen LogP) is 7.42. The van der Waals surface area contributed by atoms with Crippen molar-refractivity contribution >= 4 is 39.2 Å². The van der Waals surface area contributed by atoms with Crippen LogP contribution in [0.5, 0.6) is 0 Å². The summed E-state index contributed by atoms with van der Waals surface area (Å²) >= 11 is 6.18. The molecule has 0 saturated carbocycles. The van der Waals surface area contributed by atoms with Gasteiger partial charge in [0.1, 0.15) is 10.7 Å². The molecule has 2 heterocycles. The molecule has 0 unspecified atom stereocenters. The molecule has 1 aliphatic heterocycles. The molecule has 1 aromatic heterocycles. The lowest BCUT2D eigenvalue weighted by Crippen LogP contribution is -2.39. The number of amides is 2. The molecule has 1 aliphatic rings. The number of halogens is 1. The molecule has 0 atom stereocenters. The first-order valence-corrected chi connectivity index (χ1v) is 16.3. The molecule has 43 heavy (non-hydrogen) atoms. The van der Waals surface area contributed by atoms with Crippen molar-refractivity contribution in [3.8, 4) is 5.69 Å². The molecule has 8 nitrogen and oxygen atoms in total. The van der Waals surface area contributed by atoms with E-state index in [1.807, 2.05) is 61.5 Å². The van der Waals surface area contributed by atoms with Crippen LogP contribution in [-0.4, -0.2) is 41.6 Å². The maximum Gasteiger partial charge on any atom is 0.324 e. The van der Waals surface area contributed by atoms with Crippen LogP contribution in [0.4, 0.5) is 16.3 Å². The van der Waals surface area contributed by atoms with Gasteiger partial charge >= 0.3 is 6.03 Å². The first-order chi connectivity index (χ1) is 20.4. The van der Waals surface area contributed by atoms with Crippen LogP contribution in [0.2, 0.25) is 5.02 Å². The van der Waals surface area contributed by atoms with Crippen molar-refractivity contribution in [3.05, 3.63) is 101 Å². The van der Waals surface area contributed by atoms with Crippen molar-refractivity contribution in [1.82, 2.24) is 14.1 Å². The molecular weight excluding hydrogens is 582 g/mol. The summed E-state index contributed by atoms with van der Waals surface area (Å²) in [7, 11) is -3.62. The molecule has 0 aliphatic carbocycles. The van der Waals surface area contributed by atoms with E-state index in [-0.39, 0.29) is 21.4 Å². The van der Waals surface area contributed by atoms with E-state index in [2.05, 4.69) is 31.4 Å². The van der Waals surface area contributed by atoms with Crippen molar-refractivity contribution in [2.45, 2.75) is 57.3 Å². The number of aryl methyl sites for hydroxylation is 1. The minimum absolute atomic E-state index is 0.156. The minimum Gasteiger partial charge on any atom is -0.308 e. The van der Waals surface area contributed by atoms with E-state index in [0.29, 0.717) is 30.5 Å². The Morgan fingerprint density at radius 1 is 0.953 bits per heavy atom. The summed E-state index contributed by atoms with van der Waals surface area (Å²) in [5, 5.41) is 11.0.